The minimum atomic E-state index is -1.81. The van der Waals surface area contributed by atoms with Crippen LogP contribution in [-0.2, 0) is 4.79 Å². The summed E-state index contributed by atoms with van der Waals surface area (Å²) in [5, 5.41) is 18.2. The Morgan fingerprint density at radius 1 is 1.41 bits per heavy atom. The van der Waals surface area contributed by atoms with Crippen molar-refractivity contribution in [3.63, 3.8) is 0 Å². The van der Waals surface area contributed by atoms with Crippen LogP contribution in [0.15, 0.2) is 18.2 Å². The lowest BCUT2D eigenvalue weighted by atomic mass is 9.96. The van der Waals surface area contributed by atoms with Crippen LogP contribution in [0.5, 0.6) is 0 Å². The summed E-state index contributed by atoms with van der Waals surface area (Å²) in [6, 6.07) is 3.99. The molecule has 1 rings (SSSR count). The first-order chi connectivity index (χ1) is 8.01. The zero-order valence-corrected chi connectivity index (χ0v) is 9.21. The lowest BCUT2D eigenvalue weighted by Gasteiger charge is -2.11. The summed E-state index contributed by atoms with van der Waals surface area (Å²) >= 11 is 0. The Labute approximate surface area is 97.7 Å². The molecule has 0 aliphatic rings. The van der Waals surface area contributed by atoms with E-state index in [1.54, 1.807) is 6.92 Å². The third kappa shape index (κ3) is 2.76. The molecule has 0 saturated carbocycles. The predicted octanol–water partition coefficient (Wildman–Crippen LogP) is 1.21. The molecule has 1 aromatic rings. The van der Waals surface area contributed by atoms with Crippen LogP contribution in [0.1, 0.15) is 45.7 Å². The number of carboxylic acid groups (broad SMARTS) is 1. The fraction of sp³-hybridized carbons (Fsp3) is 0.250. The molecule has 0 aliphatic carbocycles. The summed E-state index contributed by atoms with van der Waals surface area (Å²) in [6.45, 7) is 1.63. The molecule has 2 N–H and O–H groups in total. The number of benzene rings is 1. The van der Waals surface area contributed by atoms with Crippen LogP contribution in [0, 0.1) is 0 Å². The second-order valence-electron chi connectivity index (χ2n) is 3.48. The monoisotopic (exact) mass is 236 g/mol. The van der Waals surface area contributed by atoms with Gasteiger partial charge in [0.05, 0.1) is 0 Å². The van der Waals surface area contributed by atoms with Crippen LogP contribution in [0.4, 0.5) is 0 Å². The number of aliphatic hydroxyl groups excluding tert-OH is 1. The van der Waals surface area contributed by atoms with Crippen molar-refractivity contribution in [3.05, 3.63) is 34.9 Å². The number of ketones is 1. The van der Waals surface area contributed by atoms with Gasteiger partial charge in [0.2, 0.25) is 0 Å². The fourth-order valence-corrected chi connectivity index (χ4v) is 1.46. The van der Waals surface area contributed by atoms with Gasteiger partial charge in [0, 0.05) is 23.1 Å². The van der Waals surface area contributed by atoms with Crippen molar-refractivity contribution < 1.29 is 24.6 Å². The van der Waals surface area contributed by atoms with Crippen molar-refractivity contribution in [2.24, 2.45) is 0 Å². The molecule has 0 fully saturated rings. The van der Waals surface area contributed by atoms with Crippen molar-refractivity contribution in [3.8, 4) is 0 Å². The molecule has 0 aromatic heterocycles. The molecule has 0 radical (unpaired) electrons. The van der Waals surface area contributed by atoms with Crippen LogP contribution in [0.25, 0.3) is 0 Å². The van der Waals surface area contributed by atoms with Crippen molar-refractivity contribution in [1.29, 1.82) is 0 Å². The third-order valence-corrected chi connectivity index (χ3v) is 2.36. The molecule has 5 heteroatoms. The lowest BCUT2D eigenvalue weighted by molar-refractivity contribution is -0.146. The first kappa shape index (κ1) is 13.1. The van der Waals surface area contributed by atoms with Gasteiger partial charge in [-0.3, -0.25) is 9.59 Å². The van der Waals surface area contributed by atoms with E-state index in [0.29, 0.717) is 6.29 Å². The van der Waals surface area contributed by atoms with Crippen LogP contribution < -0.4 is 0 Å². The second kappa shape index (κ2) is 5.36. The molecule has 0 amide bonds. The predicted molar refractivity (Wildman–Crippen MR) is 59.0 cm³/mol. The van der Waals surface area contributed by atoms with E-state index in [0.717, 1.165) is 0 Å². The van der Waals surface area contributed by atoms with Crippen LogP contribution in [0.2, 0.25) is 0 Å². The maximum absolute atomic E-state index is 11.6. The number of carbonyl (C=O) groups is 3. The average molecular weight is 236 g/mol. The van der Waals surface area contributed by atoms with E-state index in [9.17, 15) is 19.5 Å². The fourth-order valence-electron chi connectivity index (χ4n) is 1.46. The van der Waals surface area contributed by atoms with E-state index >= 15 is 0 Å². The van der Waals surface area contributed by atoms with Crippen molar-refractivity contribution in [1.82, 2.24) is 0 Å². The van der Waals surface area contributed by atoms with Gasteiger partial charge < -0.3 is 10.2 Å². The molecule has 1 aromatic carbocycles. The Balaban J connectivity index is 3.35. The highest BCUT2D eigenvalue weighted by Gasteiger charge is 2.22. The van der Waals surface area contributed by atoms with Crippen molar-refractivity contribution in [2.45, 2.75) is 19.4 Å². The topological polar surface area (TPSA) is 91.7 Å². The molecule has 0 aliphatic heterocycles. The molecule has 0 bridgehead atoms. The molecule has 1 unspecified atom stereocenters. The second-order valence-corrected chi connectivity index (χ2v) is 3.48. The number of hydrogen-bond acceptors (Lipinski definition) is 4. The Kier molecular flexibility index (Phi) is 4.12. The zero-order valence-electron chi connectivity index (χ0n) is 9.21. The Hall–Kier alpha value is -2.01. The van der Waals surface area contributed by atoms with Gasteiger partial charge in [-0.1, -0.05) is 19.1 Å². The SMILES string of the molecule is CCC(=O)c1ccc(C=O)cc1C(O)C(=O)O. The summed E-state index contributed by atoms with van der Waals surface area (Å²) in [4.78, 5) is 32.9. The van der Waals surface area contributed by atoms with E-state index in [2.05, 4.69) is 0 Å². The zero-order chi connectivity index (χ0) is 13.0. The molecule has 5 nitrogen and oxygen atoms in total. The standard InChI is InChI=1S/C12H12O5/c1-2-10(14)8-4-3-7(6-13)5-9(8)11(15)12(16)17/h3-6,11,15H,2H2,1H3,(H,16,17). The van der Waals surface area contributed by atoms with Gasteiger partial charge in [0.1, 0.15) is 6.29 Å². The average Bonchev–Trinajstić information content (AvgIpc) is 2.35. The number of carbonyl (C=O) groups excluding carboxylic acids is 2. The number of carboxylic acids is 1. The first-order valence-electron chi connectivity index (χ1n) is 5.04. The third-order valence-electron chi connectivity index (χ3n) is 2.36. The highest BCUT2D eigenvalue weighted by atomic mass is 16.4. The van der Waals surface area contributed by atoms with Crippen LogP contribution >= 0.6 is 0 Å². The van der Waals surface area contributed by atoms with Crippen molar-refractivity contribution in [2.75, 3.05) is 0 Å². The Morgan fingerprint density at radius 2 is 2.06 bits per heavy atom. The van der Waals surface area contributed by atoms with Gasteiger partial charge in [-0.15, -0.1) is 0 Å². The normalized spacial score (nSPS) is 11.9. The number of aliphatic hydroxyl groups is 1. The number of aldehydes is 1. The molecular formula is C12H12O5. The number of rotatable bonds is 5. The quantitative estimate of drug-likeness (QED) is 0.592. The molecule has 90 valence electrons. The summed E-state index contributed by atoms with van der Waals surface area (Å²) < 4.78 is 0. The first-order valence-corrected chi connectivity index (χ1v) is 5.04. The van der Waals surface area contributed by atoms with E-state index < -0.39 is 12.1 Å². The van der Waals surface area contributed by atoms with Gasteiger partial charge in [0.15, 0.2) is 11.9 Å². The van der Waals surface area contributed by atoms with Crippen molar-refractivity contribution >= 4 is 18.0 Å². The number of hydrogen-bond donors (Lipinski definition) is 2. The Bertz CT molecular complexity index is 464. The van der Waals surface area contributed by atoms with E-state index in [1.807, 2.05) is 0 Å². The molecular weight excluding hydrogens is 224 g/mol. The number of aliphatic carboxylic acids is 1. The largest absolute Gasteiger partial charge is 0.479 e. The summed E-state index contributed by atoms with van der Waals surface area (Å²) in [6.07, 6.45) is -1.08. The summed E-state index contributed by atoms with van der Waals surface area (Å²) in [5.74, 6) is -1.74. The van der Waals surface area contributed by atoms with Crippen LogP contribution in [-0.4, -0.2) is 28.3 Å². The molecule has 0 heterocycles. The van der Waals surface area contributed by atoms with E-state index in [4.69, 9.17) is 5.11 Å². The van der Waals surface area contributed by atoms with Gasteiger partial charge in [-0.05, 0) is 6.07 Å². The maximum Gasteiger partial charge on any atom is 0.337 e. The van der Waals surface area contributed by atoms with Gasteiger partial charge in [-0.25, -0.2) is 4.79 Å². The molecule has 17 heavy (non-hydrogen) atoms. The van der Waals surface area contributed by atoms with Gasteiger partial charge in [0.25, 0.3) is 0 Å². The highest BCUT2D eigenvalue weighted by molar-refractivity contribution is 5.99. The van der Waals surface area contributed by atoms with Gasteiger partial charge >= 0.3 is 5.97 Å². The molecule has 1 atom stereocenters. The molecule has 0 spiro atoms. The van der Waals surface area contributed by atoms with Crippen LogP contribution in [0.3, 0.4) is 0 Å². The molecule has 0 saturated heterocycles. The van der Waals surface area contributed by atoms with Gasteiger partial charge in [-0.2, -0.15) is 0 Å². The van der Waals surface area contributed by atoms with E-state index in [1.165, 1.54) is 18.2 Å². The maximum atomic E-state index is 11.6. The highest BCUT2D eigenvalue weighted by Crippen LogP contribution is 2.21. The van der Waals surface area contributed by atoms with E-state index in [-0.39, 0.29) is 28.9 Å². The minimum absolute atomic E-state index is 0.0473. The Morgan fingerprint density at radius 3 is 2.53 bits per heavy atom. The smallest absolute Gasteiger partial charge is 0.337 e. The summed E-state index contributed by atoms with van der Waals surface area (Å²) in [5.41, 5.74) is 0.301. The minimum Gasteiger partial charge on any atom is -0.479 e. The number of Topliss-reactive ketones (excluding diaryl/α,β-unsaturated/α-hetero) is 1. The summed E-state index contributed by atoms with van der Waals surface area (Å²) in [7, 11) is 0. The lowest BCUT2D eigenvalue weighted by Crippen LogP contribution is -2.15.